The molecule has 0 saturated heterocycles. The van der Waals surface area contributed by atoms with E-state index in [0.717, 1.165) is 32.1 Å². The zero-order chi connectivity index (χ0) is 31.5. The van der Waals surface area contributed by atoms with E-state index in [9.17, 15) is 24.0 Å². The van der Waals surface area contributed by atoms with Crippen molar-refractivity contribution in [2.24, 2.45) is 28.1 Å². The largest absolute Gasteiger partial charge is 0.370 e. The second-order valence-corrected chi connectivity index (χ2v) is 12.6. The Morgan fingerprint density at radius 3 is 1.74 bits per heavy atom. The molecule has 1 aliphatic rings. The lowest BCUT2D eigenvalue weighted by atomic mass is 9.84. The van der Waals surface area contributed by atoms with Gasteiger partial charge < -0.3 is 38.5 Å². The van der Waals surface area contributed by atoms with Crippen LogP contribution in [-0.2, 0) is 24.0 Å². The topological polar surface area (TPSA) is 224 Å². The van der Waals surface area contributed by atoms with Crippen LogP contribution in [-0.4, -0.2) is 90.2 Å². The summed E-state index contributed by atoms with van der Waals surface area (Å²) >= 11 is 3.02. The molecule has 1 aliphatic carbocycles. The molecule has 0 aromatic heterocycles. The molecule has 0 unspecified atom stereocenters. The molecule has 15 heteroatoms. The standard InChI is InChI=1S/C27H50N8O5S2/c1-17(36)32-22(16-18-8-5-4-6-9-18)26(40)34-20(10-7-13-31-27(29)30)24(38)35-21(12-15-42-3)25(39)33-19(23(28)37)11-14-41-2/h18-22H,4-16H2,1-3H3,(H2,28,37)(H,32,36)(H,33,39)(H,34,40)(H,35,38)(H4,29,30,31)/t19-,20-,21-,22-/m0/s1. The number of primary amides is 1. The van der Waals surface area contributed by atoms with Crippen LogP contribution in [0.1, 0.15) is 71.1 Å². The molecular formula is C27H50N8O5S2. The van der Waals surface area contributed by atoms with E-state index < -0.39 is 47.8 Å². The number of nitrogens with two attached hydrogens (primary N) is 3. The van der Waals surface area contributed by atoms with Crippen LogP contribution >= 0.6 is 23.5 Å². The monoisotopic (exact) mass is 630 g/mol. The minimum absolute atomic E-state index is 0.0856. The second kappa shape index (κ2) is 21.1. The van der Waals surface area contributed by atoms with Gasteiger partial charge in [-0.2, -0.15) is 23.5 Å². The first-order valence-electron chi connectivity index (χ1n) is 14.5. The molecule has 0 bridgehead atoms. The Bertz CT molecular complexity index is 913. The number of aliphatic imine (C=N–C) groups is 1. The second-order valence-electron chi connectivity index (χ2n) is 10.6. The van der Waals surface area contributed by atoms with Crippen LogP contribution < -0.4 is 38.5 Å². The van der Waals surface area contributed by atoms with Gasteiger partial charge in [-0.3, -0.25) is 29.0 Å². The van der Waals surface area contributed by atoms with Gasteiger partial charge in [-0.15, -0.1) is 0 Å². The Balaban J connectivity index is 3.09. The van der Waals surface area contributed by atoms with Crippen LogP contribution in [0.5, 0.6) is 0 Å². The molecule has 0 radical (unpaired) electrons. The van der Waals surface area contributed by atoms with E-state index in [1.807, 2.05) is 12.5 Å². The quantitative estimate of drug-likeness (QED) is 0.0544. The number of hydrogen-bond donors (Lipinski definition) is 7. The third-order valence-electron chi connectivity index (χ3n) is 7.08. The Hall–Kier alpha value is -2.68. The molecular weight excluding hydrogens is 580 g/mol. The third-order valence-corrected chi connectivity index (χ3v) is 8.37. The van der Waals surface area contributed by atoms with E-state index in [4.69, 9.17) is 17.2 Å². The Labute approximate surface area is 257 Å². The fourth-order valence-corrected chi connectivity index (χ4v) is 5.79. The molecule has 240 valence electrons. The molecule has 1 fully saturated rings. The van der Waals surface area contributed by atoms with Crippen molar-refractivity contribution in [1.29, 1.82) is 0 Å². The number of amides is 5. The molecule has 13 nitrogen and oxygen atoms in total. The SMILES string of the molecule is CSCC[C@H](NC(=O)[C@H](CCSC)NC(=O)[C@H](CCCN=C(N)N)NC(=O)[C@H](CC1CCCCC1)NC(C)=O)C(N)=O. The zero-order valence-electron chi connectivity index (χ0n) is 25.1. The van der Waals surface area contributed by atoms with E-state index in [1.54, 1.807) is 0 Å². The average Bonchev–Trinajstić information content (AvgIpc) is 2.94. The highest BCUT2D eigenvalue weighted by molar-refractivity contribution is 7.98. The van der Waals surface area contributed by atoms with Gasteiger partial charge in [0.1, 0.15) is 24.2 Å². The molecule has 4 atom stereocenters. The molecule has 0 aromatic rings. The van der Waals surface area contributed by atoms with Crippen LogP contribution in [0.15, 0.2) is 4.99 Å². The van der Waals surface area contributed by atoms with E-state index >= 15 is 0 Å². The smallest absolute Gasteiger partial charge is 0.243 e. The molecule has 0 aliphatic heterocycles. The van der Waals surface area contributed by atoms with Crippen molar-refractivity contribution in [2.75, 3.05) is 30.6 Å². The molecule has 1 saturated carbocycles. The highest BCUT2D eigenvalue weighted by Gasteiger charge is 2.31. The Morgan fingerprint density at radius 2 is 1.24 bits per heavy atom. The lowest BCUT2D eigenvalue weighted by Crippen LogP contribution is -2.58. The predicted octanol–water partition coefficient (Wildman–Crippen LogP) is -0.0390. The molecule has 0 aromatic carbocycles. The summed E-state index contributed by atoms with van der Waals surface area (Å²) in [6, 6.07) is -3.62. The molecule has 10 N–H and O–H groups in total. The summed E-state index contributed by atoms with van der Waals surface area (Å²) in [5, 5.41) is 11.0. The van der Waals surface area contributed by atoms with Gasteiger partial charge in [0.05, 0.1) is 0 Å². The first-order valence-corrected chi connectivity index (χ1v) is 17.3. The first-order chi connectivity index (χ1) is 20.0. The number of hydrogen-bond acceptors (Lipinski definition) is 8. The van der Waals surface area contributed by atoms with Crippen molar-refractivity contribution in [1.82, 2.24) is 21.3 Å². The van der Waals surface area contributed by atoms with E-state index in [2.05, 4.69) is 26.3 Å². The third kappa shape index (κ3) is 15.5. The van der Waals surface area contributed by atoms with Crippen molar-refractivity contribution in [3.8, 4) is 0 Å². The van der Waals surface area contributed by atoms with Crippen molar-refractivity contribution < 1.29 is 24.0 Å². The lowest BCUT2D eigenvalue weighted by molar-refractivity contribution is -0.134. The number of carbonyl (C=O) groups is 5. The zero-order valence-corrected chi connectivity index (χ0v) is 26.7. The number of carbonyl (C=O) groups excluding carboxylic acids is 5. The highest BCUT2D eigenvalue weighted by atomic mass is 32.2. The predicted molar refractivity (Wildman–Crippen MR) is 170 cm³/mol. The summed E-state index contributed by atoms with van der Waals surface area (Å²) in [5.41, 5.74) is 16.3. The van der Waals surface area contributed by atoms with Crippen molar-refractivity contribution in [3.63, 3.8) is 0 Å². The molecule has 42 heavy (non-hydrogen) atoms. The molecule has 5 amide bonds. The van der Waals surface area contributed by atoms with Gasteiger partial charge in [-0.25, -0.2) is 0 Å². The summed E-state index contributed by atoms with van der Waals surface area (Å²) in [6.45, 7) is 1.60. The maximum Gasteiger partial charge on any atom is 0.243 e. The van der Waals surface area contributed by atoms with Gasteiger partial charge in [-0.05, 0) is 62.0 Å². The molecule has 1 rings (SSSR count). The van der Waals surface area contributed by atoms with E-state index in [0.29, 0.717) is 43.1 Å². The van der Waals surface area contributed by atoms with Crippen LogP contribution in [0.25, 0.3) is 0 Å². The van der Waals surface area contributed by atoms with Gasteiger partial charge in [0.25, 0.3) is 0 Å². The normalized spacial score (nSPS) is 16.3. The van der Waals surface area contributed by atoms with Gasteiger partial charge in [0.2, 0.25) is 29.5 Å². The maximum absolute atomic E-state index is 13.5. The fraction of sp³-hybridized carbons (Fsp3) is 0.778. The Morgan fingerprint density at radius 1 is 0.738 bits per heavy atom. The van der Waals surface area contributed by atoms with Crippen molar-refractivity contribution in [2.45, 2.75) is 95.3 Å². The van der Waals surface area contributed by atoms with Gasteiger partial charge in [-0.1, -0.05) is 32.1 Å². The summed E-state index contributed by atoms with van der Waals surface area (Å²) in [4.78, 5) is 67.9. The molecule has 0 heterocycles. The number of nitrogens with zero attached hydrogens (tertiary/aromatic N) is 1. The van der Waals surface area contributed by atoms with Crippen LogP contribution in [0.3, 0.4) is 0 Å². The maximum atomic E-state index is 13.5. The van der Waals surface area contributed by atoms with Crippen LogP contribution in [0.2, 0.25) is 0 Å². The Kier molecular flexibility index (Phi) is 18.7. The van der Waals surface area contributed by atoms with Crippen LogP contribution in [0.4, 0.5) is 0 Å². The number of thioether (sulfide) groups is 2. The first kappa shape index (κ1) is 37.3. The summed E-state index contributed by atoms with van der Waals surface area (Å²) in [5.74, 6) is -1.13. The number of nitrogens with one attached hydrogen (secondary N) is 4. The summed E-state index contributed by atoms with van der Waals surface area (Å²) < 4.78 is 0. The summed E-state index contributed by atoms with van der Waals surface area (Å²) in [6.07, 6.45) is 10.8. The van der Waals surface area contributed by atoms with Gasteiger partial charge in [0.15, 0.2) is 5.96 Å². The lowest BCUT2D eigenvalue weighted by Gasteiger charge is -2.28. The van der Waals surface area contributed by atoms with Crippen molar-refractivity contribution >= 4 is 59.0 Å². The minimum atomic E-state index is -1.01. The summed E-state index contributed by atoms with van der Waals surface area (Å²) in [7, 11) is 0. The fourth-order valence-electron chi connectivity index (χ4n) is 4.85. The number of guanidine groups is 1. The van der Waals surface area contributed by atoms with E-state index in [1.165, 1.54) is 30.4 Å². The van der Waals surface area contributed by atoms with Gasteiger partial charge >= 0.3 is 0 Å². The average molecular weight is 631 g/mol. The minimum Gasteiger partial charge on any atom is -0.370 e. The number of rotatable bonds is 20. The highest BCUT2D eigenvalue weighted by Crippen LogP contribution is 2.27. The van der Waals surface area contributed by atoms with Crippen molar-refractivity contribution in [3.05, 3.63) is 0 Å². The van der Waals surface area contributed by atoms with Gasteiger partial charge in [0, 0.05) is 13.5 Å². The molecule has 0 spiro atoms. The van der Waals surface area contributed by atoms with E-state index in [-0.39, 0.29) is 24.8 Å². The van der Waals surface area contributed by atoms with Crippen LogP contribution in [0, 0.1) is 5.92 Å².